The molecule has 1 unspecified atom stereocenters. The van der Waals surface area contributed by atoms with E-state index in [2.05, 4.69) is 82.4 Å². The molecule has 1 aromatic heterocycles. The van der Waals surface area contributed by atoms with E-state index in [1.54, 1.807) is 0 Å². The second-order valence-electron chi connectivity index (χ2n) is 16.8. The minimum absolute atomic E-state index is 0.0833. The summed E-state index contributed by atoms with van der Waals surface area (Å²) in [6, 6.07) is 14.5. The van der Waals surface area contributed by atoms with Gasteiger partial charge in [0.15, 0.2) is 0 Å². The van der Waals surface area contributed by atoms with Crippen LogP contribution in [0, 0.1) is 41.2 Å². The molecule has 2 fully saturated rings. The van der Waals surface area contributed by atoms with Crippen molar-refractivity contribution in [2.45, 2.75) is 59.9 Å². The number of anilines is 3. The Morgan fingerprint density at radius 1 is 1.04 bits per heavy atom. The topological polar surface area (TPSA) is 86.1 Å². The number of nitrogens with one attached hydrogen (secondary N) is 3. The lowest BCUT2D eigenvalue weighted by molar-refractivity contribution is 0.133. The first-order chi connectivity index (χ1) is 26.8. The molecule has 56 heavy (non-hydrogen) atoms. The molecule has 0 amide bonds. The molecule has 7 rings (SSSR count). The van der Waals surface area contributed by atoms with Crippen molar-refractivity contribution in [1.82, 2.24) is 20.1 Å². The van der Waals surface area contributed by atoms with Gasteiger partial charge in [0, 0.05) is 112 Å². The van der Waals surface area contributed by atoms with Gasteiger partial charge in [0.05, 0.1) is 22.8 Å². The van der Waals surface area contributed by atoms with Gasteiger partial charge in [0.1, 0.15) is 11.6 Å². The van der Waals surface area contributed by atoms with Crippen LogP contribution in [0.15, 0.2) is 78.1 Å². The number of benzene rings is 2. The summed E-state index contributed by atoms with van der Waals surface area (Å²) in [5.74, 6) is 0.297. The second kappa shape index (κ2) is 16.2. The minimum atomic E-state index is -0.547. The summed E-state index contributed by atoms with van der Waals surface area (Å²) in [5.41, 5.74) is 10.0. The molecule has 296 valence electrons. The third-order valence-electron chi connectivity index (χ3n) is 12.0. The van der Waals surface area contributed by atoms with Crippen LogP contribution in [0.4, 0.5) is 25.8 Å². The molecule has 0 radical (unpaired) electrons. The Morgan fingerprint density at radius 3 is 2.50 bits per heavy atom. The van der Waals surface area contributed by atoms with Crippen LogP contribution in [0.25, 0.3) is 11.3 Å². The minimum Gasteiger partial charge on any atom is -0.391 e. The molecule has 11 heteroatoms. The first kappa shape index (κ1) is 39.2. The van der Waals surface area contributed by atoms with Crippen molar-refractivity contribution in [3.05, 3.63) is 107 Å². The number of pyridine rings is 1. The summed E-state index contributed by atoms with van der Waals surface area (Å²) in [6.07, 6.45) is 5.45. The number of allylic oxidation sites excluding steroid dienone is 2. The van der Waals surface area contributed by atoms with Gasteiger partial charge in [0.2, 0.25) is 5.96 Å². The molecular formula is C45H57F2N9. The van der Waals surface area contributed by atoms with Crippen LogP contribution in [0.3, 0.4) is 0 Å². The van der Waals surface area contributed by atoms with Crippen LogP contribution in [0.5, 0.6) is 0 Å². The molecule has 0 saturated carbocycles. The molecule has 3 N–H and O–H groups in total. The summed E-state index contributed by atoms with van der Waals surface area (Å²) in [4.78, 5) is 19.3. The number of guanidine groups is 1. The van der Waals surface area contributed by atoms with Crippen molar-refractivity contribution in [3.63, 3.8) is 0 Å². The zero-order valence-corrected chi connectivity index (χ0v) is 33.7. The van der Waals surface area contributed by atoms with Crippen molar-refractivity contribution in [3.8, 4) is 0 Å². The normalized spacial score (nSPS) is 24.0. The maximum absolute atomic E-state index is 14.1. The van der Waals surface area contributed by atoms with E-state index in [9.17, 15) is 8.78 Å². The van der Waals surface area contributed by atoms with Crippen LogP contribution in [-0.2, 0) is 6.54 Å². The lowest BCUT2D eigenvalue weighted by Gasteiger charge is -2.41. The fourth-order valence-electron chi connectivity index (χ4n) is 8.93. The molecule has 2 bridgehead atoms. The lowest BCUT2D eigenvalue weighted by Crippen LogP contribution is -2.47. The Kier molecular flexibility index (Phi) is 11.4. The van der Waals surface area contributed by atoms with Crippen molar-refractivity contribution < 1.29 is 8.78 Å². The average Bonchev–Trinajstić information content (AvgIpc) is 3.66. The summed E-state index contributed by atoms with van der Waals surface area (Å²) in [6.45, 7) is 24.4. The second-order valence-corrected chi connectivity index (χ2v) is 16.8. The van der Waals surface area contributed by atoms with Crippen LogP contribution < -0.4 is 20.4 Å². The average molecular weight is 762 g/mol. The molecule has 4 aliphatic rings. The van der Waals surface area contributed by atoms with Crippen molar-refractivity contribution >= 4 is 40.5 Å². The van der Waals surface area contributed by atoms with Gasteiger partial charge in [-0.1, -0.05) is 46.4 Å². The number of aromatic nitrogens is 1. The maximum Gasteiger partial charge on any atom is 0.208 e. The molecule has 2 saturated heterocycles. The largest absolute Gasteiger partial charge is 0.391 e. The Morgan fingerprint density at radius 2 is 1.79 bits per heavy atom. The summed E-state index contributed by atoms with van der Waals surface area (Å²) in [7, 11) is 1.93. The zero-order chi connectivity index (χ0) is 39.7. The predicted molar refractivity (Wildman–Crippen MR) is 227 cm³/mol. The Labute approximate surface area is 331 Å². The van der Waals surface area contributed by atoms with Gasteiger partial charge >= 0.3 is 0 Å². The van der Waals surface area contributed by atoms with E-state index in [0.29, 0.717) is 23.8 Å². The van der Waals surface area contributed by atoms with E-state index in [-0.39, 0.29) is 11.3 Å². The molecule has 0 spiro atoms. The fourth-order valence-corrected chi connectivity index (χ4v) is 8.93. The smallest absolute Gasteiger partial charge is 0.208 e. The summed E-state index contributed by atoms with van der Waals surface area (Å²) in [5, 5.41) is 15.2. The number of aliphatic imine (C=N–C) groups is 1. The van der Waals surface area contributed by atoms with Crippen LogP contribution in [0.2, 0.25) is 0 Å². The molecule has 5 heterocycles. The molecule has 2 aromatic carbocycles. The van der Waals surface area contributed by atoms with Gasteiger partial charge in [-0.3, -0.25) is 9.88 Å². The first-order valence-electron chi connectivity index (χ1n) is 20.0. The number of hydrogen-bond acceptors (Lipinski definition) is 9. The maximum atomic E-state index is 14.1. The highest BCUT2D eigenvalue weighted by Gasteiger charge is 2.43. The number of piperazine rings is 1. The Hall–Kier alpha value is -5.03. The van der Waals surface area contributed by atoms with Crippen molar-refractivity contribution in [2.24, 2.45) is 22.2 Å². The van der Waals surface area contributed by atoms with Crippen LogP contribution in [-0.4, -0.2) is 79.8 Å². The fraction of sp³-hybridized carbons (Fsp3) is 0.444. The van der Waals surface area contributed by atoms with E-state index in [0.717, 1.165) is 129 Å². The summed E-state index contributed by atoms with van der Waals surface area (Å²) < 4.78 is 28.1. The first-order valence-corrected chi connectivity index (χ1v) is 20.0. The highest BCUT2D eigenvalue weighted by Crippen LogP contribution is 2.43. The number of hydrogen-bond donors (Lipinski definition) is 3. The highest BCUT2D eigenvalue weighted by molar-refractivity contribution is 6.16. The molecule has 3 aromatic rings. The molecule has 9 nitrogen and oxygen atoms in total. The number of halogens is 2. The van der Waals surface area contributed by atoms with E-state index >= 15 is 0 Å². The number of fused-ring (bicyclic) bond motifs is 5. The van der Waals surface area contributed by atoms with Gasteiger partial charge < -0.3 is 30.7 Å². The number of nitrogens with zero attached hydrogens (tertiary/aromatic N) is 6. The molecule has 2 atom stereocenters. The lowest BCUT2D eigenvalue weighted by atomic mass is 9.80. The van der Waals surface area contributed by atoms with Crippen LogP contribution in [0.1, 0.15) is 69.0 Å². The number of aryl methyl sites for hydroxylation is 1. The van der Waals surface area contributed by atoms with Gasteiger partial charge in [-0.2, -0.15) is 0 Å². The molecular weight excluding hydrogens is 705 g/mol. The Bertz CT molecular complexity index is 2040. The van der Waals surface area contributed by atoms with E-state index in [4.69, 9.17) is 15.4 Å². The third-order valence-corrected chi connectivity index (χ3v) is 12.0. The monoisotopic (exact) mass is 761 g/mol. The van der Waals surface area contributed by atoms with Gasteiger partial charge in [-0.05, 0) is 79.5 Å². The van der Waals surface area contributed by atoms with Crippen LogP contribution >= 0.6 is 0 Å². The SMILES string of the molecule is C=C1/N=C2\Nc3ccc(CN4CCN(C(=C)C5CN(c6cc(F)cc(F)c6)CC5(C)C)CC4)cc3N2C[C@H](C)CCCC/C(NC)=C(/C=N)c2cc1cc(C)n2. The number of rotatable bonds is 7. The van der Waals surface area contributed by atoms with Gasteiger partial charge in [0.25, 0.3) is 0 Å². The summed E-state index contributed by atoms with van der Waals surface area (Å²) >= 11 is 0. The highest BCUT2D eigenvalue weighted by atomic mass is 19.1. The van der Waals surface area contributed by atoms with E-state index in [1.807, 2.05) is 26.1 Å². The van der Waals surface area contributed by atoms with Crippen molar-refractivity contribution in [2.75, 3.05) is 68.0 Å². The van der Waals surface area contributed by atoms with E-state index in [1.165, 1.54) is 23.9 Å². The Balaban J connectivity index is 1.05. The standard InChI is InChI=1S/C45H57F2N9/c1-29-10-8-9-11-40(49-7)38(24-48)42-20-34(18-30(2)50-42)31(3)51-44-52-41-13-12-33(19-43(41)56(44)25-29)26-53-14-16-54(17-15-53)32(4)39-27-55(28-45(39,5)6)37-22-35(46)21-36(47)23-37/h12-13,18-24,29,39,48-49H,3-4,8-11,14-17,25-28H2,1-2,5-7H3,(H,51,52)/b40-38+,48-24?/t29-,39?/m1/s1. The van der Waals surface area contributed by atoms with Crippen molar-refractivity contribution in [1.29, 1.82) is 5.41 Å². The quantitative estimate of drug-likeness (QED) is 0.208. The molecule has 4 aliphatic heterocycles. The van der Waals surface area contributed by atoms with E-state index < -0.39 is 11.6 Å². The molecule has 0 aliphatic carbocycles. The zero-order valence-electron chi connectivity index (χ0n) is 33.7. The van der Waals surface area contributed by atoms with Gasteiger partial charge in [-0.15, -0.1) is 0 Å². The van der Waals surface area contributed by atoms with Gasteiger partial charge in [-0.25, -0.2) is 13.8 Å². The predicted octanol–water partition coefficient (Wildman–Crippen LogP) is 8.51. The third kappa shape index (κ3) is 8.38.